The highest BCUT2D eigenvalue weighted by atomic mass is 35.5. The number of benzene rings is 2. The summed E-state index contributed by atoms with van der Waals surface area (Å²) in [5.41, 5.74) is 0. The molecule has 0 radical (unpaired) electrons. The first-order valence-electron chi connectivity index (χ1n) is 6.10. The fraction of sp³-hybridized carbons (Fsp3) is 0.333. The fourth-order valence-electron chi connectivity index (χ4n) is 1.81. The Balaban J connectivity index is 2.08. The Bertz CT molecular complexity index is 511. The molecule has 3 heteroatoms. The van der Waals surface area contributed by atoms with Crippen molar-refractivity contribution in [1.82, 2.24) is 0 Å². The van der Waals surface area contributed by atoms with E-state index >= 15 is 0 Å². The van der Waals surface area contributed by atoms with E-state index in [1.807, 2.05) is 24.3 Å². The summed E-state index contributed by atoms with van der Waals surface area (Å²) in [5, 5.41) is 2.31. The summed E-state index contributed by atoms with van der Waals surface area (Å²) in [4.78, 5) is 0. The molecule has 96 valence electrons. The van der Waals surface area contributed by atoms with Crippen LogP contribution in [0.1, 0.15) is 12.8 Å². The standard InChI is InChI=1S/C15H17ClO2/c1-17-14-6-4-13-11-15(7-5-12(13)10-14)18-9-3-2-8-16/h4-7,10-11H,2-3,8-9H2,1H3. The van der Waals surface area contributed by atoms with Gasteiger partial charge in [0.25, 0.3) is 0 Å². The van der Waals surface area contributed by atoms with Gasteiger partial charge in [-0.15, -0.1) is 11.6 Å². The van der Waals surface area contributed by atoms with Gasteiger partial charge < -0.3 is 9.47 Å². The van der Waals surface area contributed by atoms with Gasteiger partial charge in [0.05, 0.1) is 13.7 Å². The Labute approximate surface area is 112 Å². The summed E-state index contributed by atoms with van der Waals surface area (Å²) >= 11 is 5.62. The Morgan fingerprint density at radius 1 is 0.944 bits per heavy atom. The summed E-state index contributed by atoms with van der Waals surface area (Å²) in [6, 6.07) is 12.1. The first-order chi connectivity index (χ1) is 8.83. The zero-order valence-electron chi connectivity index (χ0n) is 10.5. The zero-order chi connectivity index (χ0) is 12.8. The molecule has 2 aromatic carbocycles. The van der Waals surface area contributed by atoms with E-state index in [0.29, 0.717) is 12.5 Å². The number of alkyl halides is 1. The minimum atomic E-state index is 0.695. The van der Waals surface area contributed by atoms with E-state index in [0.717, 1.165) is 35.1 Å². The Morgan fingerprint density at radius 3 is 2.28 bits per heavy atom. The van der Waals surface area contributed by atoms with E-state index in [4.69, 9.17) is 21.1 Å². The first kappa shape index (κ1) is 13.0. The molecule has 2 aromatic rings. The van der Waals surface area contributed by atoms with E-state index in [1.54, 1.807) is 7.11 Å². The third-order valence-electron chi connectivity index (χ3n) is 2.82. The molecule has 0 amide bonds. The fourth-order valence-corrected chi connectivity index (χ4v) is 1.99. The molecule has 0 fully saturated rings. The number of methoxy groups -OCH3 is 1. The number of halogens is 1. The molecule has 0 unspecified atom stereocenters. The quantitative estimate of drug-likeness (QED) is 0.574. The molecule has 0 aliphatic rings. The molecular weight excluding hydrogens is 248 g/mol. The van der Waals surface area contributed by atoms with Gasteiger partial charge in [0.15, 0.2) is 0 Å². The molecule has 0 aliphatic heterocycles. The molecule has 0 saturated carbocycles. The second-order valence-corrected chi connectivity index (χ2v) is 4.50. The van der Waals surface area contributed by atoms with Gasteiger partial charge in [-0.1, -0.05) is 12.1 Å². The van der Waals surface area contributed by atoms with Crippen LogP contribution in [0.4, 0.5) is 0 Å². The Morgan fingerprint density at radius 2 is 1.61 bits per heavy atom. The minimum Gasteiger partial charge on any atom is -0.497 e. The molecule has 2 rings (SSSR count). The van der Waals surface area contributed by atoms with Crippen molar-refractivity contribution in [3.8, 4) is 11.5 Å². The van der Waals surface area contributed by atoms with E-state index in [-0.39, 0.29) is 0 Å². The van der Waals surface area contributed by atoms with Crippen LogP contribution in [-0.2, 0) is 0 Å². The van der Waals surface area contributed by atoms with Crippen LogP contribution >= 0.6 is 11.6 Å². The number of hydrogen-bond acceptors (Lipinski definition) is 2. The summed E-state index contributed by atoms with van der Waals surface area (Å²) in [7, 11) is 1.68. The van der Waals surface area contributed by atoms with Gasteiger partial charge >= 0.3 is 0 Å². The van der Waals surface area contributed by atoms with Crippen LogP contribution in [0, 0.1) is 0 Å². The minimum absolute atomic E-state index is 0.695. The second-order valence-electron chi connectivity index (χ2n) is 4.12. The van der Waals surface area contributed by atoms with Gasteiger partial charge in [0, 0.05) is 5.88 Å². The normalized spacial score (nSPS) is 10.6. The highest BCUT2D eigenvalue weighted by Crippen LogP contribution is 2.24. The average Bonchev–Trinajstić information content (AvgIpc) is 2.43. The van der Waals surface area contributed by atoms with E-state index in [9.17, 15) is 0 Å². The van der Waals surface area contributed by atoms with Gasteiger partial charge in [0.2, 0.25) is 0 Å². The zero-order valence-corrected chi connectivity index (χ0v) is 11.2. The molecule has 0 bridgehead atoms. The van der Waals surface area contributed by atoms with Crippen molar-refractivity contribution >= 4 is 22.4 Å². The van der Waals surface area contributed by atoms with Crippen LogP contribution < -0.4 is 9.47 Å². The SMILES string of the molecule is COc1ccc2cc(OCCCCCl)ccc2c1. The number of unbranched alkanes of at least 4 members (excludes halogenated alkanes) is 1. The highest BCUT2D eigenvalue weighted by Gasteiger charge is 1.99. The largest absolute Gasteiger partial charge is 0.497 e. The third kappa shape index (κ3) is 3.30. The van der Waals surface area contributed by atoms with Crippen molar-refractivity contribution in [3.05, 3.63) is 36.4 Å². The summed E-state index contributed by atoms with van der Waals surface area (Å²) in [6.07, 6.45) is 1.98. The Hall–Kier alpha value is -1.41. The predicted molar refractivity (Wildman–Crippen MR) is 75.9 cm³/mol. The van der Waals surface area contributed by atoms with E-state index in [1.165, 1.54) is 0 Å². The lowest BCUT2D eigenvalue weighted by Crippen LogP contribution is -1.97. The average molecular weight is 265 g/mol. The summed E-state index contributed by atoms with van der Waals surface area (Å²) in [5.74, 6) is 2.47. The van der Waals surface area contributed by atoms with Gasteiger partial charge in [-0.05, 0) is 47.9 Å². The summed E-state index contributed by atoms with van der Waals surface area (Å²) in [6.45, 7) is 0.717. The lowest BCUT2D eigenvalue weighted by Gasteiger charge is -2.07. The van der Waals surface area contributed by atoms with E-state index < -0.39 is 0 Å². The number of rotatable bonds is 6. The van der Waals surface area contributed by atoms with Crippen LogP contribution in [0.15, 0.2) is 36.4 Å². The van der Waals surface area contributed by atoms with Crippen molar-refractivity contribution in [3.63, 3.8) is 0 Å². The molecule has 0 N–H and O–H groups in total. The number of fused-ring (bicyclic) bond motifs is 1. The molecule has 0 spiro atoms. The molecule has 2 nitrogen and oxygen atoms in total. The van der Waals surface area contributed by atoms with Crippen LogP contribution in [0.25, 0.3) is 10.8 Å². The first-order valence-corrected chi connectivity index (χ1v) is 6.63. The molecular formula is C15H17ClO2. The molecule has 0 atom stereocenters. The van der Waals surface area contributed by atoms with Crippen LogP contribution in [0.5, 0.6) is 11.5 Å². The third-order valence-corrected chi connectivity index (χ3v) is 3.08. The van der Waals surface area contributed by atoms with Crippen molar-refractivity contribution < 1.29 is 9.47 Å². The molecule has 18 heavy (non-hydrogen) atoms. The molecule has 0 saturated heterocycles. The lowest BCUT2D eigenvalue weighted by atomic mass is 10.1. The lowest BCUT2D eigenvalue weighted by molar-refractivity contribution is 0.310. The van der Waals surface area contributed by atoms with Crippen molar-refractivity contribution in [2.45, 2.75) is 12.8 Å². The second kappa shape index (κ2) is 6.50. The maximum absolute atomic E-state index is 5.68. The topological polar surface area (TPSA) is 18.5 Å². The van der Waals surface area contributed by atoms with Crippen molar-refractivity contribution in [2.24, 2.45) is 0 Å². The van der Waals surface area contributed by atoms with Gasteiger partial charge in [0.1, 0.15) is 11.5 Å². The molecule has 0 heterocycles. The van der Waals surface area contributed by atoms with Gasteiger partial charge in [-0.2, -0.15) is 0 Å². The van der Waals surface area contributed by atoms with Crippen LogP contribution in [0.2, 0.25) is 0 Å². The van der Waals surface area contributed by atoms with Crippen molar-refractivity contribution in [1.29, 1.82) is 0 Å². The van der Waals surface area contributed by atoms with Crippen LogP contribution in [-0.4, -0.2) is 19.6 Å². The Kier molecular flexibility index (Phi) is 4.71. The predicted octanol–water partition coefficient (Wildman–Crippen LogP) is 4.25. The number of ether oxygens (including phenoxy) is 2. The molecule has 0 aromatic heterocycles. The smallest absolute Gasteiger partial charge is 0.119 e. The van der Waals surface area contributed by atoms with Crippen molar-refractivity contribution in [2.75, 3.05) is 19.6 Å². The summed E-state index contributed by atoms with van der Waals surface area (Å²) < 4.78 is 10.9. The number of hydrogen-bond donors (Lipinski definition) is 0. The monoisotopic (exact) mass is 264 g/mol. The maximum Gasteiger partial charge on any atom is 0.119 e. The van der Waals surface area contributed by atoms with Gasteiger partial charge in [-0.3, -0.25) is 0 Å². The maximum atomic E-state index is 5.68. The van der Waals surface area contributed by atoms with Crippen LogP contribution in [0.3, 0.4) is 0 Å². The van der Waals surface area contributed by atoms with E-state index in [2.05, 4.69) is 12.1 Å². The molecule has 0 aliphatic carbocycles. The highest BCUT2D eigenvalue weighted by molar-refractivity contribution is 6.17. The van der Waals surface area contributed by atoms with Gasteiger partial charge in [-0.25, -0.2) is 0 Å².